The van der Waals surface area contributed by atoms with Crippen molar-refractivity contribution in [2.24, 2.45) is 0 Å². The highest BCUT2D eigenvalue weighted by Gasteiger charge is 2.37. The van der Waals surface area contributed by atoms with Gasteiger partial charge in [0.05, 0.1) is 12.1 Å². The second kappa shape index (κ2) is 4.75. The molecule has 1 heterocycles. The quantitative estimate of drug-likeness (QED) is 0.932. The van der Waals surface area contributed by atoms with E-state index in [4.69, 9.17) is 5.11 Å². The Morgan fingerprint density at radius 2 is 1.89 bits per heavy atom. The Hall–Kier alpha value is -2.31. The maximum absolute atomic E-state index is 12.9. The topological polar surface area (TPSA) is 55.1 Å². The van der Waals surface area contributed by atoms with Gasteiger partial charge in [0.15, 0.2) is 0 Å². The van der Waals surface area contributed by atoms with Crippen LogP contribution in [0.15, 0.2) is 36.5 Å². The molecule has 2 rings (SSSR count). The van der Waals surface area contributed by atoms with E-state index in [0.717, 1.165) is 10.8 Å². The van der Waals surface area contributed by atoms with Gasteiger partial charge in [0, 0.05) is 11.9 Å². The van der Waals surface area contributed by atoms with Crippen LogP contribution < -0.4 is 0 Å². The summed E-state index contributed by atoms with van der Waals surface area (Å²) in [4.78, 5) is 13.9. The molecule has 0 aliphatic rings. The number of carboxylic acids is 1. The van der Waals surface area contributed by atoms with Gasteiger partial charge < -0.3 is 5.11 Å². The molecule has 0 unspecified atom stereocenters. The zero-order chi connectivity index (χ0) is 14.0. The first kappa shape index (κ1) is 13.1. The molecule has 1 N–H and O–H groups in total. The van der Waals surface area contributed by atoms with E-state index >= 15 is 0 Å². The molecule has 0 aliphatic carbocycles. The standard InChI is InChI=1S/C12H9F3N2O2/c13-12(14,15)11-16-8(6-10(18)19)7-17(11)9-4-2-1-3-5-9/h1-5,7H,6H2,(H,18,19). The molecule has 0 spiro atoms. The Labute approximate surface area is 106 Å². The number of benzene rings is 1. The number of rotatable bonds is 3. The predicted octanol–water partition coefficient (Wildman–Crippen LogP) is 2.52. The first-order valence-corrected chi connectivity index (χ1v) is 5.30. The van der Waals surface area contributed by atoms with Gasteiger partial charge in [-0.05, 0) is 12.1 Å². The molecule has 0 atom stereocenters. The Morgan fingerprint density at radius 1 is 1.26 bits per heavy atom. The summed E-state index contributed by atoms with van der Waals surface area (Å²) >= 11 is 0. The molecule has 0 bridgehead atoms. The van der Waals surface area contributed by atoms with Crippen LogP contribution in [-0.2, 0) is 17.4 Å². The van der Waals surface area contributed by atoms with Gasteiger partial charge in [-0.1, -0.05) is 18.2 Å². The van der Waals surface area contributed by atoms with Gasteiger partial charge in [0.2, 0.25) is 5.82 Å². The SMILES string of the molecule is O=C(O)Cc1cn(-c2ccccc2)c(C(F)(F)F)n1. The molecule has 0 saturated carbocycles. The van der Waals surface area contributed by atoms with Crippen LogP contribution in [0.4, 0.5) is 13.2 Å². The lowest BCUT2D eigenvalue weighted by atomic mass is 10.3. The fourth-order valence-corrected chi connectivity index (χ4v) is 1.65. The molecule has 7 heteroatoms. The van der Waals surface area contributed by atoms with Crippen molar-refractivity contribution in [2.45, 2.75) is 12.6 Å². The summed E-state index contributed by atoms with van der Waals surface area (Å²) in [6.45, 7) is 0. The van der Waals surface area contributed by atoms with Crippen molar-refractivity contribution in [2.75, 3.05) is 0 Å². The van der Waals surface area contributed by atoms with Crippen molar-refractivity contribution in [1.29, 1.82) is 0 Å². The van der Waals surface area contributed by atoms with Crippen molar-refractivity contribution < 1.29 is 23.1 Å². The summed E-state index contributed by atoms with van der Waals surface area (Å²) in [5.74, 6) is -2.36. The third kappa shape index (κ3) is 2.93. The number of imidazole rings is 1. The molecule has 100 valence electrons. The fraction of sp³-hybridized carbons (Fsp3) is 0.167. The smallest absolute Gasteiger partial charge is 0.450 e. The summed E-state index contributed by atoms with van der Waals surface area (Å²) in [6, 6.07) is 7.83. The Morgan fingerprint density at radius 3 is 2.42 bits per heavy atom. The summed E-state index contributed by atoms with van der Waals surface area (Å²) in [7, 11) is 0. The van der Waals surface area contributed by atoms with Crippen molar-refractivity contribution in [3.05, 3.63) is 48.0 Å². The van der Waals surface area contributed by atoms with Gasteiger partial charge >= 0.3 is 12.1 Å². The molecular formula is C12H9F3N2O2. The van der Waals surface area contributed by atoms with E-state index in [9.17, 15) is 18.0 Å². The van der Waals surface area contributed by atoms with Gasteiger partial charge in [-0.3, -0.25) is 9.36 Å². The molecule has 1 aromatic heterocycles. The lowest BCUT2D eigenvalue weighted by Crippen LogP contribution is -2.13. The largest absolute Gasteiger partial charge is 0.481 e. The number of aliphatic carboxylic acids is 1. The zero-order valence-corrected chi connectivity index (χ0v) is 9.55. The predicted molar refractivity (Wildman–Crippen MR) is 59.9 cm³/mol. The maximum Gasteiger partial charge on any atom is 0.450 e. The minimum Gasteiger partial charge on any atom is -0.481 e. The van der Waals surface area contributed by atoms with E-state index in [2.05, 4.69) is 4.98 Å². The number of para-hydroxylation sites is 1. The van der Waals surface area contributed by atoms with Crippen LogP contribution in [0.1, 0.15) is 11.5 Å². The second-order valence-corrected chi connectivity index (χ2v) is 3.83. The molecular weight excluding hydrogens is 261 g/mol. The van der Waals surface area contributed by atoms with Crippen LogP contribution in [0.25, 0.3) is 5.69 Å². The number of hydrogen-bond acceptors (Lipinski definition) is 2. The number of halogens is 3. The van der Waals surface area contributed by atoms with Crippen molar-refractivity contribution in [3.8, 4) is 5.69 Å². The molecule has 0 radical (unpaired) electrons. The first-order chi connectivity index (χ1) is 8.88. The fourth-order valence-electron chi connectivity index (χ4n) is 1.65. The maximum atomic E-state index is 12.9. The highest BCUT2D eigenvalue weighted by Crippen LogP contribution is 2.30. The van der Waals surface area contributed by atoms with E-state index in [-0.39, 0.29) is 11.4 Å². The summed E-state index contributed by atoms with van der Waals surface area (Å²) in [6.07, 6.45) is -4.11. The first-order valence-electron chi connectivity index (χ1n) is 5.30. The number of nitrogens with zero attached hydrogens (tertiary/aromatic N) is 2. The molecule has 0 amide bonds. The molecule has 2 aromatic rings. The molecule has 1 aromatic carbocycles. The van der Waals surface area contributed by atoms with Gasteiger partial charge in [-0.2, -0.15) is 13.2 Å². The van der Waals surface area contributed by atoms with E-state index in [1.807, 2.05) is 0 Å². The minimum absolute atomic E-state index is 0.135. The Kier molecular flexibility index (Phi) is 3.28. The van der Waals surface area contributed by atoms with Gasteiger partial charge in [-0.25, -0.2) is 4.98 Å². The van der Waals surface area contributed by atoms with E-state index in [0.29, 0.717) is 0 Å². The average molecular weight is 270 g/mol. The third-order valence-corrected chi connectivity index (χ3v) is 2.38. The normalized spacial score (nSPS) is 11.5. The summed E-state index contributed by atoms with van der Waals surface area (Å²) in [5, 5.41) is 8.61. The van der Waals surface area contributed by atoms with Gasteiger partial charge in [-0.15, -0.1) is 0 Å². The molecule has 0 saturated heterocycles. The van der Waals surface area contributed by atoms with Crippen LogP contribution in [0, 0.1) is 0 Å². The minimum atomic E-state index is -4.65. The van der Waals surface area contributed by atoms with Crippen LogP contribution >= 0.6 is 0 Å². The number of carbonyl (C=O) groups is 1. The van der Waals surface area contributed by atoms with Crippen molar-refractivity contribution in [3.63, 3.8) is 0 Å². The third-order valence-electron chi connectivity index (χ3n) is 2.38. The Balaban J connectivity index is 2.52. The summed E-state index contributed by atoms with van der Waals surface area (Å²) in [5.41, 5.74) is 0.141. The molecule has 19 heavy (non-hydrogen) atoms. The lowest BCUT2D eigenvalue weighted by Gasteiger charge is -2.09. The number of aromatic nitrogens is 2. The highest BCUT2D eigenvalue weighted by atomic mass is 19.4. The van der Waals surface area contributed by atoms with E-state index in [1.165, 1.54) is 12.1 Å². The summed E-state index contributed by atoms with van der Waals surface area (Å²) < 4.78 is 39.4. The number of carboxylic acid groups (broad SMARTS) is 1. The molecule has 4 nitrogen and oxygen atoms in total. The average Bonchev–Trinajstić information content (AvgIpc) is 2.73. The van der Waals surface area contributed by atoms with Crippen LogP contribution in [0.2, 0.25) is 0 Å². The van der Waals surface area contributed by atoms with Crippen LogP contribution in [-0.4, -0.2) is 20.6 Å². The Bertz CT molecular complexity index is 591. The molecule has 0 fully saturated rings. The van der Waals surface area contributed by atoms with Gasteiger partial charge in [0.25, 0.3) is 0 Å². The van der Waals surface area contributed by atoms with Crippen LogP contribution in [0.5, 0.6) is 0 Å². The monoisotopic (exact) mass is 270 g/mol. The lowest BCUT2D eigenvalue weighted by molar-refractivity contribution is -0.146. The van der Waals surface area contributed by atoms with Crippen molar-refractivity contribution >= 4 is 5.97 Å². The zero-order valence-electron chi connectivity index (χ0n) is 9.55. The van der Waals surface area contributed by atoms with Gasteiger partial charge in [0.1, 0.15) is 0 Å². The highest BCUT2D eigenvalue weighted by molar-refractivity contribution is 5.69. The van der Waals surface area contributed by atoms with Crippen molar-refractivity contribution in [1.82, 2.24) is 9.55 Å². The van der Waals surface area contributed by atoms with Crippen LogP contribution in [0.3, 0.4) is 0 Å². The second-order valence-electron chi connectivity index (χ2n) is 3.83. The molecule has 0 aliphatic heterocycles. The van der Waals surface area contributed by atoms with E-state index < -0.39 is 24.4 Å². The number of alkyl halides is 3. The number of hydrogen-bond donors (Lipinski definition) is 1. The van der Waals surface area contributed by atoms with E-state index in [1.54, 1.807) is 18.2 Å².